The molecular weight excluding hydrogens is 1240 g/mol. The van der Waals surface area contributed by atoms with Crippen LogP contribution in [0.5, 0.6) is 0 Å². The number of sulfone groups is 1. The molecule has 4 aromatic carbocycles. The van der Waals surface area contributed by atoms with Gasteiger partial charge < -0.3 is 25.8 Å². The minimum absolute atomic E-state index is 0.00905. The molecule has 2 bridgehead atoms. The van der Waals surface area contributed by atoms with Crippen molar-refractivity contribution in [3.8, 4) is 0 Å². The van der Waals surface area contributed by atoms with Crippen molar-refractivity contribution in [2.45, 2.75) is 155 Å². The van der Waals surface area contributed by atoms with Crippen molar-refractivity contribution in [3.63, 3.8) is 0 Å². The van der Waals surface area contributed by atoms with E-state index in [-0.39, 0.29) is 53.7 Å². The predicted octanol–water partition coefficient (Wildman–Crippen LogP) is 9.53. The van der Waals surface area contributed by atoms with Crippen LogP contribution < -0.4 is 30.9 Å². The number of benzene rings is 4. The third-order valence-corrected chi connectivity index (χ3v) is 24.0. The number of alkyl halides is 3. The number of nitrogens with zero attached hydrogens (tertiary/aromatic N) is 4. The van der Waals surface area contributed by atoms with Crippen LogP contribution in [0, 0.1) is 16.2 Å². The largest absolute Gasteiger partial charge is 0.501 e. The first-order valence-electron chi connectivity index (χ1n) is 32.1. The molecule has 494 valence electrons. The fraction of sp³-hybridized carbons (Fsp3) is 0.522. The first-order valence-corrected chi connectivity index (χ1v) is 36.1. The summed E-state index contributed by atoms with van der Waals surface area (Å²) in [6.45, 7) is 13.4. The molecule has 4 heterocycles. The zero-order valence-corrected chi connectivity index (χ0v) is 54.7. The van der Waals surface area contributed by atoms with E-state index >= 15 is 0 Å². The summed E-state index contributed by atoms with van der Waals surface area (Å²) < 4.78 is 99.9. The van der Waals surface area contributed by atoms with Crippen LogP contribution in [-0.2, 0) is 34.2 Å². The molecule has 4 aliphatic carbocycles. The van der Waals surface area contributed by atoms with Gasteiger partial charge in [0.15, 0.2) is 0 Å². The molecule has 12 rings (SSSR count). The van der Waals surface area contributed by atoms with Crippen molar-refractivity contribution in [1.82, 2.24) is 30.1 Å². The number of rotatable bonds is 25. The number of fused-ring (bicyclic) bond motifs is 1. The van der Waals surface area contributed by atoms with E-state index in [9.17, 15) is 58.8 Å². The van der Waals surface area contributed by atoms with E-state index in [1.165, 1.54) is 68.5 Å². The van der Waals surface area contributed by atoms with Gasteiger partial charge in [-0.15, -0.1) is 11.8 Å². The number of carbonyl (C=O) groups excluding carboxylic acids is 6. The fourth-order valence-electron chi connectivity index (χ4n) is 14.8. The van der Waals surface area contributed by atoms with E-state index in [1.54, 1.807) is 35.4 Å². The summed E-state index contributed by atoms with van der Waals surface area (Å²) >= 11 is 1.41. The minimum Gasteiger partial charge on any atom is -0.384 e. The topological polar surface area (TPSA) is 244 Å². The lowest BCUT2D eigenvalue weighted by Crippen LogP contribution is -2.63. The Morgan fingerprint density at radius 3 is 2.20 bits per heavy atom. The summed E-state index contributed by atoms with van der Waals surface area (Å²) in [6.07, 6.45) is 11.8. The maximum atomic E-state index is 14.5. The van der Waals surface area contributed by atoms with Crippen LogP contribution >= 0.6 is 11.8 Å². The van der Waals surface area contributed by atoms with Crippen molar-refractivity contribution in [2.75, 3.05) is 80.2 Å². The molecule has 19 nitrogen and oxygen atoms in total. The molecule has 0 aromatic heterocycles. The molecule has 4 aliphatic heterocycles. The van der Waals surface area contributed by atoms with E-state index in [4.69, 9.17) is 0 Å². The molecular formula is C67H82F3N9O10S3. The van der Waals surface area contributed by atoms with Crippen LogP contribution in [0.1, 0.15) is 148 Å². The first-order chi connectivity index (χ1) is 43.7. The normalized spacial score (nSPS) is 23.3. The number of allylic oxidation sites excluding steroid dienone is 1. The number of halogens is 3. The number of sulfonamides is 1. The number of unbranched alkanes of at least 4 members (excludes halogenated alkanes) is 1. The Bertz CT molecular complexity index is 3740. The number of imide groups is 2. The molecule has 3 saturated heterocycles. The van der Waals surface area contributed by atoms with Crippen molar-refractivity contribution in [3.05, 3.63) is 119 Å². The monoisotopic (exact) mass is 1330 g/mol. The van der Waals surface area contributed by atoms with Gasteiger partial charge in [-0.2, -0.15) is 13.2 Å². The zero-order chi connectivity index (χ0) is 65.4. The summed E-state index contributed by atoms with van der Waals surface area (Å²) in [5, 5.41) is 11.5. The van der Waals surface area contributed by atoms with E-state index in [1.807, 2.05) is 35.1 Å². The summed E-state index contributed by atoms with van der Waals surface area (Å²) in [4.78, 5) is 84.1. The SMILES string of the molecule is CCC12CC(C3=C(CN4CCN(c5ccc(C(=O)NS(=O)(=O)c6ccc(N[C@H](CCN7CCC(NC(=O)CCCCNc8cccc9c8C(=O)N(C8CCC(=O)NC8=O)C9=O)CC7)CSc7ccccc7)c(S(=O)(=O)C(F)(F)F)c6)cc5)CC4)CCC(C)(C)C3)(C1)C2. The summed E-state index contributed by atoms with van der Waals surface area (Å²) in [5.41, 5.74) is 0.0289. The second-order valence-corrected chi connectivity index (χ2v) is 31.6. The summed E-state index contributed by atoms with van der Waals surface area (Å²) in [6, 6.07) is 21.1. The molecule has 3 saturated carbocycles. The third kappa shape index (κ3) is 14.5. The molecule has 25 heteroatoms. The average molecular weight is 1330 g/mol. The van der Waals surface area contributed by atoms with Crippen LogP contribution in [0.2, 0.25) is 0 Å². The fourth-order valence-corrected chi connectivity index (χ4v) is 17.8. The molecule has 1 unspecified atom stereocenters. The lowest BCUT2D eigenvalue weighted by molar-refractivity contribution is -0.182. The number of hydrogen-bond acceptors (Lipinski definition) is 16. The number of nitrogens with one attached hydrogen (secondary N) is 5. The van der Waals surface area contributed by atoms with Crippen LogP contribution in [0.4, 0.5) is 30.2 Å². The number of hydrogen-bond donors (Lipinski definition) is 5. The Kier molecular flexibility index (Phi) is 19.5. The Balaban J connectivity index is 0.663. The molecule has 6 amide bonds. The highest BCUT2D eigenvalue weighted by molar-refractivity contribution is 7.99. The Hall–Kier alpha value is -6.80. The molecule has 92 heavy (non-hydrogen) atoms. The molecule has 0 radical (unpaired) electrons. The van der Waals surface area contributed by atoms with Gasteiger partial charge in [-0.05, 0) is 160 Å². The maximum Gasteiger partial charge on any atom is 0.501 e. The van der Waals surface area contributed by atoms with Crippen LogP contribution in [-0.4, -0.2) is 155 Å². The highest BCUT2D eigenvalue weighted by Gasteiger charge is 2.68. The first kappa shape index (κ1) is 66.6. The van der Waals surface area contributed by atoms with Crippen LogP contribution in [0.15, 0.2) is 117 Å². The molecule has 5 N–H and O–H groups in total. The lowest BCUT2D eigenvalue weighted by Gasteiger charge is -2.73. The van der Waals surface area contributed by atoms with Gasteiger partial charge in [0.1, 0.15) is 10.9 Å². The van der Waals surface area contributed by atoms with Crippen molar-refractivity contribution in [2.24, 2.45) is 16.2 Å². The number of amides is 6. The number of piperazine rings is 1. The number of piperidine rings is 2. The molecule has 2 atom stereocenters. The summed E-state index contributed by atoms with van der Waals surface area (Å²) in [5.74, 6) is -3.27. The number of likely N-dealkylation sites (tertiary alicyclic amines) is 1. The second-order valence-electron chi connectivity index (χ2n) is 26.9. The van der Waals surface area contributed by atoms with Gasteiger partial charge in [0.2, 0.25) is 17.7 Å². The van der Waals surface area contributed by atoms with E-state index in [0.29, 0.717) is 86.3 Å². The van der Waals surface area contributed by atoms with E-state index < -0.39 is 82.5 Å². The van der Waals surface area contributed by atoms with E-state index in [0.717, 1.165) is 66.8 Å². The van der Waals surface area contributed by atoms with Crippen LogP contribution in [0.3, 0.4) is 0 Å². The Morgan fingerprint density at radius 1 is 0.793 bits per heavy atom. The molecule has 4 aromatic rings. The van der Waals surface area contributed by atoms with Gasteiger partial charge in [0.05, 0.1) is 21.7 Å². The molecule has 6 fully saturated rings. The Morgan fingerprint density at radius 2 is 1.51 bits per heavy atom. The number of thioether (sulfide) groups is 1. The van der Waals surface area contributed by atoms with Gasteiger partial charge in [-0.3, -0.25) is 43.9 Å². The quantitative estimate of drug-likeness (QED) is 0.0179. The van der Waals surface area contributed by atoms with Gasteiger partial charge in [0, 0.05) is 111 Å². The lowest BCUT2D eigenvalue weighted by atomic mass is 9.31. The second kappa shape index (κ2) is 26.9. The van der Waals surface area contributed by atoms with Crippen LogP contribution in [0.25, 0.3) is 0 Å². The smallest absolute Gasteiger partial charge is 0.384 e. The highest BCUT2D eigenvalue weighted by Crippen LogP contribution is 2.79. The summed E-state index contributed by atoms with van der Waals surface area (Å²) in [7, 11) is -11.1. The molecule has 0 spiro atoms. The van der Waals surface area contributed by atoms with Crippen molar-refractivity contribution < 1.29 is 58.8 Å². The minimum atomic E-state index is -6.15. The number of carbonyl (C=O) groups is 6. The van der Waals surface area contributed by atoms with E-state index in [2.05, 4.69) is 56.7 Å². The van der Waals surface area contributed by atoms with Gasteiger partial charge in [0.25, 0.3) is 37.6 Å². The van der Waals surface area contributed by atoms with Gasteiger partial charge >= 0.3 is 5.51 Å². The standard InChI is InChI=1S/C67H82F3N9O10S3/c1-4-65-41-66(42-65,43-65)52-38-64(2,3)28-24-45(52)39-77-33-35-78(36-34-77)48-18-16-44(17-19-48)60(82)75-92(88,89)50-20-21-53(56(37-50)91(86,87)67(68,69)70)72-47(40-90-49-11-6-5-7-12-49)27-32-76-30-25-46(26-31-76)73-57(80)15-8-9-29-71-54-14-10-13-51-59(54)63(85)79(62(51)84)55-22-23-58(81)74-61(55)83/h5-7,10-14,16-21,37,46-47,55,71-72H,4,8-9,15,22-36,38-43H2,1-3H3,(H,73,80)(H,75,82)(H,74,81,83)/t47-,55?,65?,66?/m1/s1. The number of anilines is 3. The maximum absolute atomic E-state index is 14.5. The highest BCUT2D eigenvalue weighted by atomic mass is 32.2. The van der Waals surface area contributed by atoms with Crippen molar-refractivity contribution in [1.29, 1.82) is 0 Å². The Labute approximate surface area is 540 Å². The predicted molar refractivity (Wildman–Crippen MR) is 345 cm³/mol. The van der Waals surface area contributed by atoms with Gasteiger partial charge in [-0.1, -0.05) is 62.6 Å². The third-order valence-electron chi connectivity index (χ3n) is 20.0. The van der Waals surface area contributed by atoms with Crippen molar-refractivity contribution >= 4 is 84.1 Å². The average Bonchev–Trinajstić information content (AvgIpc) is 0.794. The van der Waals surface area contributed by atoms with Gasteiger partial charge in [-0.25, -0.2) is 21.6 Å². The molecule has 8 aliphatic rings. The zero-order valence-electron chi connectivity index (χ0n) is 52.3.